The van der Waals surface area contributed by atoms with Crippen molar-refractivity contribution in [2.45, 2.75) is 13.8 Å². The first-order chi connectivity index (χ1) is 6.05. The largest absolute Gasteiger partial charge is 0.246 e. The van der Waals surface area contributed by atoms with Crippen molar-refractivity contribution < 1.29 is 4.39 Å². The van der Waals surface area contributed by atoms with Crippen LogP contribution in [0.1, 0.15) is 13.8 Å². The zero-order valence-corrected chi connectivity index (χ0v) is 8.18. The first-order valence-corrected chi connectivity index (χ1v) is 4.38. The lowest BCUT2D eigenvalue weighted by Gasteiger charge is -2.12. The standard InChI is InChI=1S/C12H15F/c1-10(9-13)11-5-4-7-12(2,3)8-6-11/h4-8H,1,9H2,2-3H3. The molecule has 0 saturated heterocycles. The van der Waals surface area contributed by atoms with Crippen LogP contribution in [0.5, 0.6) is 0 Å². The predicted molar refractivity (Wildman–Crippen MR) is 55.3 cm³/mol. The summed E-state index contributed by atoms with van der Waals surface area (Å²) in [6.45, 7) is 7.39. The van der Waals surface area contributed by atoms with Crippen LogP contribution in [0, 0.1) is 5.41 Å². The third-order valence-electron chi connectivity index (χ3n) is 2.06. The number of hydrogen-bond donors (Lipinski definition) is 0. The van der Waals surface area contributed by atoms with Gasteiger partial charge < -0.3 is 0 Å². The molecule has 0 radical (unpaired) electrons. The van der Waals surface area contributed by atoms with Gasteiger partial charge in [-0.25, -0.2) is 4.39 Å². The fourth-order valence-electron chi connectivity index (χ4n) is 1.13. The molecule has 0 bridgehead atoms. The molecule has 0 heterocycles. The van der Waals surface area contributed by atoms with Crippen molar-refractivity contribution in [3.05, 3.63) is 48.1 Å². The zero-order chi connectivity index (χ0) is 9.90. The Balaban J connectivity index is 2.89. The third-order valence-corrected chi connectivity index (χ3v) is 2.06. The lowest BCUT2D eigenvalue weighted by Crippen LogP contribution is -2.00. The van der Waals surface area contributed by atoms with Crippen LogP contribution in [-0.4, -0.2) is 6.67 Å². The van der Waals surface area contributed by atoms with E-state index >= 15 is 0 Å². The highest BCUT2D eigenvalue weighted by Gasteiger charge is 2.11. The summed E-state index contributed by atoms with van der Waals surface area (Å²) in [7, 11) is 0. The molecular formula is C12H15F. The van der Waals surface area contributed by atoms with Gasteiger partial charge in [-0.2, -0.15) is 0 Å². The Morgan fingerprint density at radius 1 is 1.46 bits per heavy atom. The first-order valence-electron chi connectivity index (χ1n) is 4.38. The normalized spacial score (nSPS) is 19.5. The van der Waals surface area contributed by atoms with Crippen molar-refractivity contribution in [2.75, 3.05) is 6.67 Å². The van der Waals surface area contributed by atoms with E-state index in [2.05, 4.69) is 32.6 Å². The number of halogens is 1. The average molecular weight is 178 g/mol. The number of rotatable bonds is 2. The molecule has 0 amide bonds. The van der Waals surface area contributed by atoms with Gasteiger partial charge in [-0.15, -0.1) is 0 Å². The monoisotopic (exact) mass is 178 g/mol. The van der Waals surface area contributed by atoms with Gasteiger partial charge in [0.25, 0.3) is 0 Å². The molecule has 70 valence electrons. The zero-order valence-electron chi connectivity index (χ0n) is 8.18. The van der Waals surface area contributed by atoms with E-state index in [4.69, 9.17) is 0 Å². The molecule has 0 aromatic carbocycles. The summed E-state index contributed by atoms with van der Waals surface area (Å²) >= 11 is 0. The van der Waals surface area contributed by atoms with E-state index < -0.39 is 6.67 Å². The van der Waals surface area contributed by atoms with Gasteiger partial charge in [-0.1, -0.05) is 50.8 Å². The summed E-state index contributed by atoms with van der Waals surface area (Å²) < 4.78 is 12.3. The highest BCUT2D eigenvalue weighted by molar-refractivity contribution is 5.43. The van der Waals surface area contributed by atoms with Crippen LogP contribution in [-0.2, 0) is 0 Å². The Kier molecular flexibility index (Phi) is 2.86. The Hall–Kier alpha value is -1.11. The van der Waals surface area contributed by atoms with Gasteiger partial charge in [-0.05, 0) is 11.1 Å². The van der Waals surface area contributed by atoms with E-state index in [0.717, 1.165) is 5.57 Å². The quantitative estimate of drug-likeness (QED) is 0.606. The number of allylic oxidation sites excluding steroid dienone is 7. The van der Waals surface area contributed by atoms with Gasteiger partial charge in [0.05, 0.1) is 0 Å². The average Bonchev–Trinajstić information content (AvgIpc) is 2.25. The molecule has 0 spiro atoms. The first kappa shape index (κ1) is 9.97. The molecule has 0 fully saturated rings. The van der Waals surface area contributed by atoms with Crippen LogP contribution in [0.3, 0.4) is 0 Å². The van der Waals surface area contributed by atoms with Gasteiger partial charge in [-0.3, -0.25) is 0 Å². The predicted octanol–water partition coefficient (Wildman–Crippen LogP) is 3.59. The molecule has 1 aliphatic carbocycles. The Labute approximate surface area is 79.2 Å². The van der Waals surface area contributed by atoms with Crippen molar-refractivity contribution >= 4 is 0 Å². The van der Waals surface area contributed by atoms with Crippen molar-refractivity contribution in [3.63, 3.8) is 0 Å². The lowest BCUT2D eigenvalue weighted by molar-refractivity contribution is 0.548. The SMILES string of the molecule is C=C(CF)C1=CC=CC(C)(C)C=C1. The smallest absolute Gasteiger partial charge is 0.115 e. The molecular weight excluding hydrogens is 163 g/mol. The number of alkyl halides is 1. The molecule has 1 heteroatoms. The maximum absolute atomic E-state index is 12.3. The molecule has 1 aliphatic rings. The van der Waals surface area contributed by atoms with E-state index in [1.165, 1.54) is 0 Å². The summed E-state index contributed by atoms with van der Waals surface area (Å²) in [4.78, 5) is 0. The minimum absolute atomic E-state index is 0.0504. The molecule has 1 rings (SSSR count). The molecule has 0 aliphatic heterocycles. The van der Waals surface area contributed by atoms with Crippen molar-refractivity contribution in [3.8, 4) is 0 Å². The Morgan fingerprint density at radius 2 is 2.15 bits per heavy atom. The Morgan fingerprint density at radius 3 is 2.77 bits per heavy atom. The summed E-state index contributed by atoms with van der Waals surface area (Å²) in [5.74, 6) is 0. The van der Waals surface area contributed by atoms with E-state index in [9.17, 15) is 4.39 Å². The van der Waals surface area contributed by atoms with E-state index in [1.807, 2.05) is 18.2 Å². The fraction of sp³-hybridized carbons (Fsp3) is 0.333. The van der Waals surface area contributed by atoms with E-state index in [0.29, 0.717) is 5.57 Å². The summed E-state index contributed by atoms with van der Waals surface area (Å²) in [5, 5.41) is 0. The second-order valence-electron chi connectivity index (χ2n) is 3.87. The maximum atomic E-state index is 12.3. The lowest BCUT2D eigenvalue weighted by atomic mass is 9.93. The molecule has 0 saturated carbocycles. The van der Waals surface area contributed by atoms with Crippen molar-refractivity contribution in [1.82, 2.24) is 0 Å². The van der Waals surface area contributed by atoms with Crippen LogP contribution in [0.25, 0.3) is 0 Å². The van der Waals surface area contributed by atoms with Crippen LogP contribution in [0.2, 0.25) is 0 Å². The summed E-state index contributed by atoms with van der Waals surface area (Å²) in [5.41, 5.74) is 1.47. The molecule has 0 N–H and O–H groups in total. The fourth-order valence-corrected chi connectivity index (χ4v) is 1.13. The topological polar surface area (TPSA) is 0 Å². The minimum Gasteiger partial charge on any atom is -0.246 e. The van der Waals surface area contributed by atoms with Crippen molar-refractivity contribution in [2.24, 2.45) is 5.41 Å². The highest BCUT2D eigenvalue weighted by atomic mass is 19.1. The minimum atomic E-state index is -0.482. The second-order valence-corrected chi connectivity index (χ2v) is 3.87. The summed E-state index contributed by atoms with van der Waals surface area (Å²) in [6, 6.07) is 0. The maximum Gasteiger partial charge on any atom is 0.115 e. The molecule has 0 nitrogen and oxygen atoms in total. The number of hydrogen-bond acceptors (Lipinski definition) is 0. The third kappa shape index (κ3) is 2.69. The van der Waals surface area contributed by atoms with E-state index in [-0.39, 0.29) is 5.41 Å². The molecule has 13 heavy (non-hydrogen) atoms. The van der Waals surface area contributed by atoms with Crippen LogP contribution in [0.4, 0.5) is 4.39 Å². The van der Waals surface area contributed by atoms with Crippen LogP contribution >= 0.6 is 0 Å². The van der Waals surface area contributed by atoms with Gasteiger partial charge >= 0.3 is 0 Å². The molecule has 0 atom stereocenters. The molecule has 0 aromatic rings. The van der Waals surface area contributed by atoms with Crippen molar-refractivity contribution in [1.29, 1.82) is 0 Å². The van der Waals surface area contributed by atoms with E-state index in [1.54, 1.807) is 0 Å². The second kappa shape index (κ2) is 3.73. The van der Waals surface area contributed by atoms with Gasteiger partial charge in [0, 0.05) is 5.41 Å². The van der Waals surface area contributed by atoms with Crippen LogP contribution in [0.15, 0.2) is 48.1 Å². The highest BCUT2D eigenvalue weighted by Crippen LogP contribution is 2.24. The van der Waals surface area contributed by atoms with Crippen LogP contribution < -0.4 is 0 Å². The summed E-state index contributed by atoms with van der Waals surface area (Å²) in [6.07, 6.45) is 9.93. The molecule has 0 unspecified atom stereocenters. The molecule has 0 aromatic heterocycles. The Bertz CT molecular complexity index is 290. The van der Waals surface area contributed by atoms with Gasteiger partial charge in [0.1, 0.15) is 6.67 Å². The van der Waals surface area contributed by atoms with Gasteiger partial charge in [0.2, 0.25) is 0 Å². The van der Waals surface area contributed by atoms with Gasteiger partial charge in [0.15, 0.2) is 0 Å².